The summed E-state index contributed by atoms with van der Waals surface area (Å²) in [4.78, 5) is 26.6. The Hall–Kier alpha value is -2.05. The maximum absolute atomic E-state index is 13.3. The van der Waals surface area contributed by atoms with Crippen LogP contribution in [0, 0.1) is 17.3 Å². The van der Waals surface area contributed by atoms with Crippen molar-refractivity contribution in [2.24, 2.45) is 17.3 Å². The Morgan fingerprint density at radius 3 is 2.50 bits per heavy atom. The number of carbonyl (C=O) groups is 2. The van der Waals surface area contributed by atoms with Crippen LogP contribution in [0.3, 0.4) is 0 Å². The van der Waals surface area contributed by atoms with Crippen molar-refractivity contribution >= 4 is 23.6 Å². The average molecular weight is 489 g/mol. The van der Waals surface area contributed by atoms with Crippen LogP contribution >= 0.6 is 11.6 Å². The predicted molar refractivity (Wildman–Crippen MR) is 133 cm³/mol. The Morgan fingerprint density at radius 2 is 1.97 bits per heavy atom. The van der Waals surface area contributed by atoms with E-state index in [0.717, 1.165) is 42.4 Å². The number of hydrogen-bond donors (Lipinski definition) is 2. The van der Waals surface area contributed by atoms with E-state index in [0.29, 0.717) is 24.5 Å². The summed E-state index contributed by atoms with van der Waals surface area (Å²) in [6.07, 6.45) is 6.85. The van der Waals surface area contributed by atoms with Crippen LogP contribution in [-0.2, 0) is 21.5 Å². The van der Waals surface area contributed by atoms with Crippen molar-refractivity contribution in [3.05, 3.63) is 46.1 Å². The molecule has 3 aliphatic rings. The van der Waals surface area contributed by atoms with Gasteiger partial charge >= 0.3 is 12.0 Å². The molecule has 2 N–H and O–H groups in total. The summed E-state index contributed by atoms with van der Waals surface area (Å²) in [5.74, 6) is -0.995. The Labute approximate surface area is 207 Å². The van der Waals surface area contributed by atoms with Gasteiger partial charge in [0.05, 0.1) is 23.6 Å². The zero-order chi connectivity index (χ0) is 24.9. The third-order valence-corrected chi connectivity index (χ3v) is 8.23. The highest BCUT2D eigenvalue weighted by Crippen LogP contribution is 2.51. The molecule has 1 atom stereocenters. The summed E-state index contributed by atoms with van der Waals surface area (Å²) < 4.78 is 5.42. The van der Waals surface area contributed by atoms with E-state index in [1.165, 1.54) is 0 Å². The van der Waals surface area contributed by atoms with Gasteiger partial charge in [-0.05, 0) is 79.5 Å². The third kappa shape index (κ3) is 4.72. The Bertz CT molecular complexity index is 1000. The van der Waals surface area contributed by atoms with E-state index in [4.69, 9.17) is 16.3 Å². The average Bonchev–Trinajstić information content (AvgIpc) is 3.47. The second-order valence-electron chi connectivity index (χ2n) is 11.7. The highest BCUT2D eigenvalue weighted by atomic mass is 35.5. The SMILES string of the molecule is COCC1(N2C=C([C@H]3C[C@@H](C(=O)O)C3)[C@](C)(c3ccc(CCC(C)(C)C)c(Cl)c3)NC2=O)CC1. The Morgan fingerprint density at radius 1 is 1.29 bits per heavy atom. The minimum absolute atomic E-state index is 0.0897. The van der Waals surface area contributed by atoms with E-state index in [2.05, 4.69) is 38.2 Å². The monoisotopic (exact) mass is 488 g/mol. The number of carboxylic acid groups (broad SMARTS) is 1. The van der Waals surface area contributed by atoms with Crippen molar-refractivity contribution in [2.45, 2.75) is 77.3 Å². The number of carbonyl (C=O) groups excluding carboxylic acids is 1. The van der Waals surface area contributed by atoms with E-state index < -0.39 is 11.5 Å². The fourth-order valence-corrected chi connectivity index (χ4v) is 5.56. The van der Waals surface area contributed by atoms with Crippen LogP contribution in [0.4, 0.5) is 4.79 Å². The molecule has 0 unspecified atom stereocenters. The second-order valence-corrected chi connectivity index (χ2v) is 12.1. The smallest absolute Gasteiger partial charge is 0.322 e. The first-order valence-corrected chi connectivity index (χ1v) is 12.6. The van der Waals surface area contributed by atoms with Crippen molar-refractivity contribution in [3.63, 3.8) is 0 Å². The summed E-state index contributed by atoms with van der Waals surface area (Å²) >= 11 is 6.73. The maximum atomic E-state index is 13.3. The summed E-state index contributed by atoms with van der Waals surface area (Å²) in [6.45, 7) is 9.15. The molecule has 2 aliphatic carbocycles. The molecule has 0 bridgehead atoms. The number of rotatable bonds is 8. The Kier molecular flexibility index (Phi) is 6.54. The standard InChI is InChI=1S/C27H37ClN2O4/c1-25(2,3)9-8-17-6-7-20(14-22(17)28)26(4)21(18-12-19(13-18)23(31)32)15-30(24(33)29-26)27(10-11-27)16-34-5/h6-7,14-15,18-19H,8-13,16H2,1-5H3,(H,29,33)(H,31,32)/t18-,19+,26-/m0/s1. The molecular formula is C27H37ClN2O4. The first-order valence-electron chi connectivity index (χ1n) is 12.2. The van der Waals surface area contributed by atoms with Gasteiger partial charge in [-0.3, -0.25) is 9.69 Å². The van der Waals surface area contributed by atoms with Crippen molar-refractivity contribution in [1.82, 2.24) is 10.2 Å². The molecule has 2 saturated carbocycles. The molecule has 2 fully saturated rings. The van der Waals surface area contributed by atoms with Crippen LogP contribution in [0.15, 0.2) is 30.0 Å². The predicted octanol–water partition coefficient (Wildman–Crippen LogP) is 5.73. The van der Waals surface area contributed by atoms with E-state index in [1.807, 2.05) is 19.2 Å². The number of benzene rings is 1. The van der Waals surface area contributed by atoms with Crippen LogP contribution in [0.25, 0.3) is 0 Å². The van der Waals surface area contributed by atoms with Gasteiger partial charge < -0.3 is 15.2 Å². The van der Waals surface area contributed by atoms with Crippen LogP contribution < -0.4 is 5.32 Å². The molecule has 1 aromatic carbocycles. The normalized spacial score (nSPS) is 28.1. The van der Waals surface area contributed by atoms with Gasteiger partial charge in [0, 0.05) is 18.3 Å². The van der Waals surface area contributed by atoms with Crippen molar-refractivity contribution in [2.75, 3.05) is 13.7 Å². The molecular weight excluding hydrogens is 452 g/mol. The van der Waals surface area contributed by atoms with Crippen LogP contribution in [0.5, 0.6) is 0 Å². The number of urea groups is 1. The van der Waals surface area contributed by atoms with Gasteiger partial charge in [-0.25, -0.2) is 4.79 Å². The van der Waals surface area contributed by atoms with Gasteiger partial charge in [-0.2, -0.15) is 0 Å². The number of nitrogens with zero attached hydrogens (tertiary/aromatic N) is 1. The number of amides is 2. The third-order valence-electron chi connectivity index (χ3n) is 7.87. The first-order chi connectivity index (χ1) is 15.9. The quantitative estimate of drug-likeness (QED) is 0.489. The molecule has 0 aromatic heterocycles. The largest absolute Gasteiger partial charge is 0.481 e. The second kappa shape index (κ2) is 8.87. The van der Waals surface area contributed by atoms with Gasteiger partial charge in [-0.15, -0.1) is 0 Å². The lowest BCUT2D eigenvalue weighted by molar-refractivity contribution is -0.145. The molecule has 2 amide bonds. The van der Waals surface area contributed by atoms with E-state index in [-0.39, 0.29) is 28.8 Å². The molecule has 1 heterocycles. The molecule has 0 radical (unpaired) electrons. The number of aryl methyl sites for hydroxylation is 1. The Balaban J connectivity index is 1.68. The molecule has 4 rings (SSSR count). The highest BCUT2D eigenvalue weighted by molar-refractivity contribution is 6.31. The number of aliphatic carboxylic acids is 1. The zero-order valence-corrected chi connectivity index (χ0v) is 21.7. The molecule has 0 spiro atoms. The summed E-state index contributed by atoms with van der Waals surface area (Å²) in [6, 6.07) is 5.95. The molecule has 0 saturated heterocycles. The summed E-state index contributed by atoms with van der Waals surface area (Å²) in [7, 11) is 1.66. The number of carboxylic acids is 1. The summed E-state index contributed by atoms with van der Waals surface area (Å²) in [5.41, 5.74) is 2.23. The number of hydrogen-bond acceptors (Lipinski definition) is 3. The van der Waals surface area contributed by atoms with E-state index >= 15 is 0 Å². The minimum Gasteiger partial charge on any atom is -0.481 e. The molecule has 186 valence electrons. The van der Waals surface area contributed by atoms with Crippen molar-refractivity contribution < 1.29 is 19.4 Å². The van der Waals surface area contributed by atoms with Gasteiger partial charge in [0.1, 0.15) is 0 Å². The van der Waals surface area contributed by atoms with Gasteiger partial charge in [-0.1, -0.05) is 44.5 Å². The van der Waals surface area contributed by atoms with Crippen LogP contribution in [0.2, 0.25) is 5.02 Å². The van der Waals surface area contributed by atoms with E-state index in [9.17, 15) is 14.7 Å². The molecule has 34 heavy (non-hydrogen) atoms. The van der Waals surface area contributed by atoms with Crippen molar-refractivity contribution in [3.8, 4) is 0 Å². The molecule has 7 heteroatoms. The topological polar surface area (TPSA) is 78.9 Å². The van der Waals surface area contributed by atoms with Gasteiger partial charge in [0.15, 0.2) is 0 Å². The highest BCUT2D eigenvalue weighted by Gasteiger charge is 2.55. The lowest BCUT2D eigenvalue weighted by atomic mass is 9.65. The maximum Gasteiger partial charge on any atom is 0.322 e. The number of ether oxygens (including phenoxy) is 1. The fourth-order valence-electron chi connectivity index (χ4n) is 5.29. The van der Waals surface area contributed by atoms with Crippen LogP contribution in [0.1, 0.15) is 70.9 Å². The van der Waals surface area contributed by atoms with Crippen molar-refractivity contribution in [1.29, 1.82) is 0 Å². The van der Waals surface area contributed by atoms with Gasteiger partial charge in [0.2, 0.25) is 0 Å². The lowest BCUT2D eigenvalue weighted by Crippen LogP contribution is -2.59. The van der Waals surface area contributed by atoms with Gasteiger partial charge in [0.25, 0.3) is 0 Å². The van der Waals surface area contributed by atoms with Crippen LogP contribution in [-0.4, -0.2) is 41.3 Å². The number of methoxy groups -OCH3 is 1. The number of nitrogens with one attached hydrogen (secondary N) is 1. The first kappa shape index (κ1) is 25.1. The fraction of sp³-hybridized carbons (Fsp3) is 0.630. The lowest BCUT2D eigenvalue weighted by Gasteiger charge is -2.48. The number of halogens is 1. The van der Waals surface area contributed by atoms with E-state index in [1.54, 1.807) is 12.0 Å². The zero-order valence-electron chi connectivity index (χ0n) is 20.9. The molecule has 1 aromatic rings. The summed E-state index contributed by atoms with van der Waals surface area (Å²) in [5, 5.41) is 13.4. The minimum atomic E-state index is -0.753. The molecule has 6 nitrogen and oxygen atoms in total. The molecule has 1 aliphatic heterocycles.